The van der Waals surface area contributed by atoms with Crippen molar-refractivity contribution in [1.29, 1.82) is 0 Å². The van der Waals surface area contributed by atoms with Crippen LogP contribution in [0.2, 0.25) is 0 Å². The Hall–Kier alpha value is -2.62. The highest BCUT2D eigenvalue weighted by atomic mass is 16.1. The summed E-state index contributed by atoms with van der Waals surface area (Å²) in [7, 11) is 0. The van der Waals surface area contributed by atoms with E-state index in [0.29, 0.717) is 5.56 Å². The van der Waals surface area contributed by atoms with Crippen LogP contribution in [0, 0.1) is 0 Å². The van der Waals surface area contributed by atoms with Gasteiger partial charge in [-0.2, -0.15) is 0 Å². The zero-order chi connectivity index (χ0) is 15.7. The van der Waals surface area contributed by atoms with Gasteiger partial charge in [-0.3, -0.25) is 9.78 Å². The number of benzene rings is 1. The minimum absolute atomic E-state index is 0.0592. The van der Waals surface area contributed by atoms with Crippen molar-refractivity contribution in [1.82, 2.24) is 10.3 Å². The summed E-state index contributed by atoms with van der Waals surface area (Å²) in [6.45, 7) is 4.23. The number of nitrogens with one attached hydrogen (secondary N) is 1. The van der Waals surface area contributed by atoms with Gasteiger partial charge in [0.05, 0.1) is 0 Å². The molecule has 0 bridgehead atoms. The fraction of sp³-hybridized carbons (Fsp3) is 0.222. The fourth-order valence-corrected chi connectivity index (χ4v) is 2.81. The Bertz CT molecular complexity index is 748. The Balaban J connectivity index is 2.03. The van der Waals surface area contributed by atoms with Crippen LogP contribution in [0.5, 0.6) is 0 Å². The maximum atomic E-state index is 12.4. The number of anilines is 1. The van der Waals surface area contributed by atoms with Gasteiger partial charge in [0.2, 0.25) is 0 Å². The molecule has 2 aromatic rings. The number of fused-ring (bicyclic) bond motifs is 1. The number of nitrogen functional groups attached to an aromatic ring is 1. The van der Waals surface area contributed by atoms with Crippen molar-refractivity contribution in [2.24, 2.45) is 0 Å². The molecular weight excluding hydrogens is 274 g/mol. The predicted octanol–water partition coefficient (Wildman–Crippen LogP) is 2.81. The average Bonchev–Trinajstić information content (AvgIpc) is 2.46. The van der Waals surface area contributed by atoms with Gasteiger partial charge >= 0.3 is 0 Å². The van der Waals surface area contributed by atoms with Crippen LogP contribution in [-0.2, 0) is 6.42 Å². The quantitative estimate of drug-likeness (QED) is 0.507. The van der Waals surface area contributed by atoms with E-state index in [9.17, 15) is 4.79 Å². The van der Waals surface area contributed by atoms with E-state index in [-0.39, 0.29) is 11.3 Å². The molecule has 1 aromatic carbocycles. The molecule has 2 heterocycles. The number of rotatable bonds is 2. The van der Waals surface area contributed by atoms with Crippen molar-refractivity contribution < 1.29 is 4.79 Å². The van der Waals surface area contributed by atoms with E-state index in [4.69, 9.17) is 5.73 Å². The number of ketones is 1. The molecule has 4 heteroatoms. The molecule has 3 N–H and O–H groups in total. The van der Waals surface area contributed by atoms with Crippen molar-refractivity contribution in [3.8, 4) is 0 Å². The SMILES string of the molecule is CC1(C)Cc2cc(N)ccc2/C(=C/C(=O)c2cccnc2)N1. The van der Waals surface area contributed by atoms with Gasteiger partial charge in [-0.05, 0) is 50.1 Å². The van der Waals surface area contributed by atoms with E-state index < -0.39 is 0 Å². The largest absolute Gasteiger partial charge is 0.399 e. The van der Waals surface area contributed by atoms with Crippen molar-refractivity contribution in [3.63, 3.8) is 0 Å². The summed E-state index contributed by atoms with van der Waals surface area (Å²) in [6, 6.07) is 9.35. The summed E-state index contributed by atoms with van der Waals surface area (Å²) in [5, 5.41) is 3.45. The van der Waals surface area contributed by atoms with Gasteiger partial charge in [0.1, 0.15) is 0 Å². The second kappa shape index (κ2) is 5.30. The van der Waals surface area contributed by atoms with Gasteiger partial charge < -0.3 is 11.1 Å². The maximum absolute atomic E-state index is 12.4. The van der Waals surface area contributed by atoms with Crippen molar-refractivity contribution >= 4 is 17.2 Å². The Morgan fingerprint density at radius 2 is 2.18 bits per heavy atom. The Morgan fingerprint density at radius 1 is 1.36 bits per heavy atom. The highest BCUT2D eigenvalue weighted by molar-refractivity contribution is 6.08. The molecule has 112 valence electrons. The third kappa shape index (κ3) is 2.86. The molecule has 0 radical (unpaired) electrons. The van der Waals surface area contributed by atoms with Crippen LogP contribution >= 0.6 is 0 Å². The monoisotopic (exact) mass is 293 g/mol. The number of carbonyl (C=O) groups excluding carboxylic acids is 1. The number of aromatic nitrogens is 1. The van der Waals surface area contributed by atoms with Crippen LogP contribution in [-0.4, -0.2) is 16.3 Å². The third-order valence-corrected chi connectivity index (χ3v) is 3.75. The van der Waals surface area contributed by atoms with E-state index in [1.54, 1.807) is 30.6 Å². The lowest BCUT2D eigenvalue weighted by atomic mass is 9.85. The van der Waals surface area contributed by atoms with E-state index >= 15 is 0 Å². The Labute approximate surface area is 130 Å². The summed E-state index contributed by atoms with van der Waals surface area (Å²) in [6.07, 6.45) is 5.75. The number of nitrogens with two attached hydrogens (primary N) is 1. The molecule has 0 saturated heterocycles. The van der Waals surface area contributed by atoms with Crippen LogP contribution < -0.4 is 11.1 Å². The minimum atomic E-state index is -0.123. The van der Waals surface area contributed by atoms with Crippen molar-refractivity contribution in [2.75, 3.05) is 5.73 Å². The number of allylic oxidation sites excluding steroid dienone is 1. The van der Waals surface area contributed by atoms with Gasteiger partial charge in [-0.25, -0.2) is 0 Å². The zero-order valence-electron chi connectivity index (χ0n) is 12.8. The van der Waals surface area contributed by atoms with Crippen LogP contribution in [0.15, 0.2) is 48.8 Å². The lowest BCUT2D eigenvalue weighted by molar-refractivity contribution is 0.104. The lowest BCUT2D eigenvalue weighted by Gasteiger charge is -2.35. The summed E-state index contributed by atoms with van der Waals surface area (Å²) >= 11 is 0. The lowest BCUT2D eigenvalue weighted by Crippen LogP contribution is -2.43. The summed E-state index contributed by atoms with van der Waals surface area (Å²) in [5.41, 5.74) is 10.1. The first-order chi connectivity index (χ1) is 10.4. The van der Waals surface area contributed by atoms with Crippen LogP contribution in [0.1, 0.15) is 35.3 Å². The molecule has 0 saturated carbocycles. The highest BCUT2D eigenvalue weighted by Crippen LogP contribution is 2.31. The van der Waals surface area contributed by atoms with Crippen LogP contribution in [0.25, 0.3) is 5.70 Å². The molecule has 0 atom stereocenters. The molecule has 3 rings (SSSR count). The first kappa shape index (κ1) is 14.3. The van der Waals surface area contributed by atoms with E-state index in [1.807, 2.05) is 18.2 Å². The second-order valence-corrected chi connectivity index (χ2v) is 6.27. The normalized spacial score (nSPS) is 17.6. The third-order valence-electron chi connectivity index (χ3n) is 3.75. The van der Waals surface area contributed by atoms with Gasteiger partial charge in [-0.1, -0.05) is 6.07 Å². The predicted molar refractivity (Wildman–Crippen MR) is 88.3 cm³/mol. The summed E-state index contributed by atoms with van der Waals surface area (Å²) in [4.78, 5) is 16.4. The molecule has 0 amide bonds. The topological polar surface area (TPSA) is 68.0 Å². The minimum Gasteiger partial charge on any atom is -0.399 e. The van der Waals surface area contributed by atoms with Crippen LogP contribution in [0.4, 0.5) is 5.69 Å². The molecule has 1 aliphatic heterocycles. The molecule has 0 aliphatic carbocycles. The second-order valence-electron chi connectivity index (χ2n) is 6.27. The number of hydrogen-bond donors (Lipinski definition) is 2. The van der Waals surface area contributed by atoms with Gasteiger partial charge in [0.15, 0.2) is 5.78 Å². The highest BCUT2D eigenvalue weighted by Gasteiger charge is 2.28. The van der Waals surface area contributed by atoms with E-state index in [1.165, 1.54) is 0 Å². The van der Waals surface area contributed by atoms with Gasteiger partial charge in [0, 0.05) is 46.5 Å². The van der Waals surface area contributed by atoms with Crippen LogP contribution in [0.3, 0.4) is 0 Å². The first-order valence-electron chi connectivity index (χ1n) is 7.28. The molecule has 1 aliphatic rings. The molecular formula is C18H19N3O. The number of nitrogens with zero attached hydrogens (tertiary/aromatic N) is 1. The summed E-state index contributed by atoms with van der Waals surface area (Å²) in [5.74, 6) is -0.0592. The van der Waals surface area contributed by atoms with Gasteiger partial charge in [-0.15, -0.1) is 0 Å². The molecule has 4 nitrogen and oxygen atoms in total. The molecule has 1 aromatic heterocycles. The number of carbonyl (C=O) groups is 1. The van der Waals surface area contributed by atoms with Crippen molar-refractivity contribution in [2.45, 2.75) is 25.8 Å². The Kier molecular flexibility index (Phi) is 3.45. The number of pyridine rings is 1. The molecule has 0 fully saturated rings. The molecule has 0 spiro atoms. The zero-order valence-corrected chi connectivity index (χ0v) is 12.8. The summed E-state index contributed by atoms with van der Waals surface area (Å²) < 4.78 is 0. The van der Waals surface area contributed by atoms with Gasteiger partial charge in [0.25, 0.3) is 0 Å². The smallest absolute Gasteiger partial charge is 0.189 e. The fourth-order valence-electron chi connectivity index (χ4n) is 2.81. The molecule has 0 unspecified atom stereocenters. The maximum Gasteiger partial charge on any atom is 0.189 e. The standard InChI is InChI=1S/C18H19N3O/c1-18(2)10-13-8-14(19)5-6-15(13)16(21-18)9-17(22)12-4-3-7-20-11-12/h3-9,11,21H,10,19H2,1-2H3/b16-9-. The average molecular weight is 293 g/mol. The molecule has 22 heavy (non-hydrogen) atoms. The Morgan fingerprint density at radius 3 is 2.91 bits per heavy atom. The van der Waals surface area contributed by atoms with E-state index in [0.717, 1.165) is 28.9 Å². The van der Waals surface area contributed by atoms with E-state index in [2.05, 4.69) is 24.1 Å². The van der Waals surface area contributed by atoms with Crippen molar-refractivity contribution in [3.05, 3.63) is 65.5 Å². The number of hydrogen-bond acceptors (Lipinski definition) is 4. The first-order valence-corrected chi connectivity index (χ1v) is 7.28.